The van der Waals surface area contributed by atoms with Crippen molar-refractivity contribution in [1.82, 2.24) is 0 Å². The Hall–Kier alpha value is -1.88. The molecule has 0 spiro atoms. The van der Waals surface area contributed by atoms with Gasteiger partial charge in [0.05, 0.1) is 11.0 Å². The number of carbonyl (C=O) groups is 1. The van der Waals surface area contributed by atoms with Gasteiger partial charge in [0.15, 0.2) is 0 Å². The zero-order valence-electron chi connectivity index (χ0n) is 10.9. The highest BCUT2D eigenvalue weighted by Gasteiger charge is 2.04. The third-order valence-corrected chi connectivity index (χ3v) is 3.32. The predicted molar refractivity (Wildman–Crippen MR) is 82.4 cm³/mol. The summed E-state index contributed by atoms with van der Waals surface area (Å²) in [5.41, 5.74) is 2.38. The van der Waals surface area contributed by atoms with Crippen LogP contribution in [0.5, 0.6) is 0 Å². The van der Waals surface area contributed by atoms with Crippen molar-refractivity contribution in [3.8, 4) is 0 Å². The van der Waals surface area contributed by atoms with Gasteiger partial charge in [-0.3, -0.25) is 4.79 Å². The second kappa shape index (κ2) is 6.52. The third-order valence-electron chi connectivity index (χ3n) is 2.67. The first-order valence-corrected chi connectivity index (χ1v) is 6.89. The molecule has 2 aromatic carbocycles. The maximum Gasteiger partial charge on any atom is 0.243 e. The number of carbonyl (C=O) groups excluding carboxylic acids is 1. The van der Waals surface area contributed by atoms with Crippen LogP contribution in [0.25, 0.3) is 0 Å². The number of anilines is 2. The van der Waals surface area contributed by atoms with Crippen LogP contribution >= 0.6 is 15.9 Å². The van der Waals surface area contributed by atoms with Crippen LogP contribution < -0.4 is 10.6 Å². The molecule has 5 heteroatoms. The normalized spacial score (nSPS) is 10.2. The fraction of sp³-hybridized carbons (Fsp3) is 0.133. The van der Waals surface area contributed by atoms with E-state index < -0.39 is 0 Å². The Kier molecular flexibility index (Phi) is 4.74. The molecular formula is C15H14BrFN2O. The molecule has 0 fully saturated rings. The minimum Gasteiger partial charge on any atom is -0.376 e. The number of rotatable bonds is 4. The van der Waals surface area contributed by atoms with Crippen LogP contribution in [-0.4, -0.2) is 12.5 Å². The molecule has 0 aliphatic heterocycles. The van der Waals surface area contributed by atoms with E-state index in [1.165, 1.54) is 6.07 Å². The highest BCUT2D eigenvalue weighted by molar-refractivity contribution is 9.10. The lowest BCUT2D eigenvalue weighted by atomic mass is 10.2. The highest BCUT2D eigenvalue weighted by Crippen LogP contribution is 2.19. The van der Waals surface area contributed by atoms with Crippen LogP contribution in [0, 0.1) is 12.7 Å². The summed E-state index contributed by atoms with van der Waals surface area (Å²) in [7, 11) is 0. The molecule has 0 aliphatic rings. The van der Waals surface area contributed by atoms with Crippen LogP contribution in [-0.2, 0) is 4.79 Å². The first kappa shape index (κ1) is 14.5. The van der Waals surface area contributed by atoms with E-state index in [0.717, 1.165) is 11.3 Å². The van der Waals surface area contributed by atoms with Gasteiger partial charge in [-0.25, -0.2) is 4.39 Å². The fourth-order valence-corrected chi connectivity index (χ4v) is 1.96. The van der Waals surface area contributed by atoms with Gasteiger partial charge in [-0.2, -0.15) is 0 Å². The Morgan fingerprint density at radius 1 is 1.20 bits per heavy atom. The molecular weight excluding hydrogens is 323 g/mol. The summed E-state index contributed by atoms with van der Waals surface area (Å²) in [5.74, 6) is -0.548. The monoisotopic (exact) mass is 336 g/mol. The summed E-state index contributed by atoms with van der Waals surface area (Å²) >= 11 is 3.08. The smallest absolute Gasteiger partial charge is 0.243 e. The van der Waals surface area contributed by atoms with Crippen molar-refractivity contribution >= 4 is 33.2 Å². The number of nitrogens with one attached hydrogen (secondary N) is 2. The molecule has 0 heterocycles. The van der Waals surface area contributed by atoms with Crippen molar-refractivity contribution in [1.29, 1.82) is 0 Å². The topological polar surface area (TPSA) is 41.1 Å². The van der Waals surface area contributed by atoms with E-state index in [1.54, 1.807) is 12.1 Å². The number of hydrogen-bond donors (Lipinski definition) is 2. The van der Waals surface area contributed by atoms with E-state index in [9.17, 15) is 9.18 Å². The maximum absolute atomic E-state index is 13.3. The summed E-state index contributed by atoms with van der Waals surface area (Å²) in [5, 5.41) is 5.65. The van der Waals surface area contributed by atoms with Gasteiger partial charge in [-0.15, -0.1) is 0 Å². The molecule has 3 nitrogen and oxygen atoms in total. The van der Waals surface area contributed by atoms with Crippen molar-refractivity contribution in [2.45, 2.75) is 6.92 Å². The van der Waals surface area contributed by atoms with Crippen molar-refractivity contribution in [2.24, 2.45) is 0 Å². The number of halogens is 2. The van der Waals surface area contributed by atoms with Crippen molar-refractivity contribution < 1.29 is 9.18 Å². The van der Waals surface area contributed by atoms with E-state index in [1.807, 2.05) is 31.2 Å². The molecule has 2 aromatic rings. The minimum atomic E-state index is -0.367. The van der Waals surface area contributed by atoms with Gasteiger partial charge in [0, 0.05) is 11.4 Å². The Balaban J connectivity index is 1.90. The molecule has 0 saturated heterocycles. The zero-order chi connectivity index (χ0) is 14.5. The Labute approximate surface area is 125 Å². The highest BCUT2D eigenvalue weighted by atomic mass is 79.9. The molecule has 0 aliphatic carbocycles. The van der Waals surface area contributed by atoms with Crippen molar-refractivity contribution in [2.75, 3.05) is 17.2 Å². The van der Waals surface area contributed by atoms with Crippen LogP contribution in [0.4, 0.5) is 15.8 Å². The van der Waals surface area contributed by atoms with Gasteiger partial charge >= 0.3 is 0 Å². The average molecular weight is 337 g/mol. The first-order valence-electron chi connectivity index (χ1n) is 6.10. The summed E-state index contributed by atoms with van der Waals surface area (Å²) < 4.78 is 13.7. The molecule has 20 heavy (non-hydrogen) atoms. The van der Waals surface area contributed by atoms with E-state index >= 15 is 0 Å². The largest absolute Gasteiger partial charge is 0.376 e. The second-order valence-corrected chi connectivity index (χ2v) is 5.25. The molecule has 0 radical (unpaired) electrons. The predicted octanol–water partition coefficient (Wildman–Crippen LogP) is 3.95. The second-order valence-electron chi connectivity index (χ2n) is 4.40. The molecule has 2 N–H and O–H groups in total. The van der Waals surface area contributed by atoms with Crippen LogP contribution in [0.3, 0.4) is 0 Å². The van der Waals surface area contributed by atoms with Gasteiger partial charge in [0.1, 0.15) is 5.82 Å². The minimum absolute atomic E-state index is 0.0784. The Bertz CT molecular complexity index is 631. The summed E-state index contributed by atoms with van der Waals surface area (Å²) in [6.07, 6.45) is 0. The van der Waals surface area contributed by atoms with E-state index in [2.05, 4.69) is 26.6 Å². The molecule has 0 aromatic heterocycles. The summed E-state index contributed by atoms with van der Waals surface area (Å²) in [6.45, 7) is 2.04. The van der Waals surface area contributed by atoms with Gasteiger partial charge < -0.3 is 10.6 Å². The SMILES string of the molecule is Cc1cccc(NC(=O)CNc2ccc(Br)c(F)c2)c1. The number of aryl methyl sites for hydroxylation is 1. The van der Waals surface area contributed by atoms with Gasteiger partial charge in [-0.1, -0.05) is 12.1 Å². The lowest BCUT2D eigenvalue weighted by Crippen LogP contribution is -2.21. The van der Waals surface area contributed by atoms with Gasteiger partial charge in [0.2, 0.25) is 5.91 Å². The number of amides is 1. The molecule has 1 amide bonds. The first-order chi connectivity index (χ1) is 9.54. The van der Waals surface area contributed by atoms with Crippen LogP contribution in [0.1, 0.15) is 5.56 Å². The zero-order valence-corrected chi connectivity index (χ0v) is 12.5. The van der Waals surface area contributed by atoms with Gasteiger partial charge in [-0.05, 0) is 58.7 Å². The summed E-state index contributed by atoms with van der Waals surface area (Å²) in [4.78, 5) is 11.8. The third kappa shape index (κ3) is 4.06. The standard InChI is InChI=1S/C15H14BrFN2O/c1-10-3-2-4-12(7-10)19-15(20)9-18-11-5-6-13(16)14(17)8-11/h2-8,18H,9H2,1H3,(H,19,20). The lowest BCUT2D eigenvalue weighted by molar-refractivity contribution is -0.114. The molecule has 0 unspecified atom stereocenters. The van der Waals surface area contributed by atoms with Crippen molar-refractivity contribution in [3.05, 3.63) is 58.3 Å². The van der Waals surface area contributed by atoms with Crippen LogP contribution in [0.15, 0.2) is 46.9 Å². The quantitative estimate of drug-likeness (QED) is 0.887. The van der Waals surface area contributed by atoms with Crippen LogP contribution in [0.2, 0.25) is 0 Å². The average Bonchev–Trinajstić information content (AvgIpc) is 2.40. The summed E-state index contributed by atoms with van der Waals surface area (Å²) in [6, 6.07) is 12.2. The molecule has 2 rings (SSSR count). The number of hydrogen-bond acceptors (Lipinski definition) is 2. The van der Waals surface area contributed by atoms with E-state index in [4.69, 9.17) is 0 Å². The Morgan fingerprint density at radius 3 is 2.70 bits per heavy atom. The van der Waals surface area contributed by atoms with Crippen molar-refractivity contribution in [3.63, 3.8) is 0 Å². The maximum atomic E-state index is 13.3. The van der Waals surface area contributed by atoms with E-state index in [0.29, 0.717) is 10.2 Å². The van der Waals surface area contributed by atoms with Gasteiger partial charge in [0.25, 0.3) is 0 Å². The molecule has 0 atom stereocenters. The fourth-order valence-electron chi connectivity index (χ4n) is 1.72. The van der Waals surface area contributed by atoms with E-state index in [-0.39, 0.29) is 18.3 Å². The molecule has 0 bridgehead atoms. The molecule has 104 valence electrons. The Morgan fingerprint density at radius 2 is 2.00 bits per heavy atom. The molecule has 0 saturated carbocycles. The number of benzene rings is 2. The lowest BCUT2D eigenvalue weighted by Gasteiger charge is -2.08.